The molecular formula is C10H8F2N2O2. The maximum atomic E-state index is 13.0. The first-order valence-corrected chi connectivity index (χ1v) is 4.53. The second-order valence-electron chi connectivity index (χ2n) is 3.36. The molecule has 0 radical (unpaired) electrons. The number of hydrogen-bond donors (Lipinski definition) is 1. The molecule has 0 bridgehead atoms. The van der Waals surface area contributed by atoms with E-state index in [4.69, 9.17) is 5.11 Å². The number of rotatable bonds is 3. The van der Waals surface area contributed by atoms with Crippen LogP contribution in [0.1, 0.15) is 5.69 Å². The number of nitrogens with zero attached hydrogens (tertiary/aromatic N) is 2. The van der Waals surface area contributed by atoms with Gasteiger partial charge < -0.3 is 9.51 Å². The molecule has 0 saturated carbocycles. The monoisotopic (exact) mass is 226 g/mol. The zero-order chi connectivity index (χ0) is 11.8. The Morgan fingerprint density at radius 2 is 2.25 bits per heavy atom. The van der Waals surface area contributed by atoms with Crippen molar-refractivity contribution in [2.24, 2.45) is 0 Å². The zero-order valence-corrected chi connectivity index (χ0v) is 8.10. The highest BCUT2D eigenvalue weighted by molar-refractivity contribution is 5.75. The summed E-state index contributed by atoms with van der Waals surface area (Å²) in [5.74, 6) is -5.89. The lowest BCUT2D eigenvalue weighted by Gasteiger charge is -2.12. The predicted octanol–water partition coefficient (Wildman–Crippen LogP) is 1.60. The summed E-state index contributed by atoms with van der Waals surface area (Å²) in [4.78, 5) is 14.2. The van der Waals surface area contributed by atoms with Gasteiger partial charge in [0.15, 0.2) is 0 Å². The number of fused-ring (bicyclic) bond motifs is 1. The van der Waals surface area contributed by atoms with Crippen LogP contribution in [0.15, 0.2) is 30.6 Å². The smallest absolute Gasteiger partial charge is 0.374 e. The van der Waals surface area contributed by atoms with Gasteiger partial charge in [-0.15, -0.1) is 0 Å². The van der Waals surface area contributed by atoms with E-state index in [1.54, 1.807) is 12.1 Å². The largest absolute Gasteiger partial charge is 0.477 e. The lowest BCUT2D eigenvalue weighted by Crippen LogP contribution is -2.31. The fourth-order valence-corrected chi connectivity index (χ4v) is 1.45. The van der Waals surface area contributed by atoms with Crippen molar-refractivity contribution in [3.05, 3.63) is 36.3 Å². The highest BCUT2D eigenvalue weighted by Gasteiger charge is 2.39. The van der Waals surface area contributed by atoms with Crippen LogP contribution in [-0.2, 0) is 11.2 Å². The maximum Gasteiger partial charge on any atom is 0.374 e. The first-order valence-electron chi connectivity index (χ1n) is 4.53. The lowest BCUT2D eigenvalue weighted by molar-refractivity contribution is -0.164. The molecule has 6 heteroatoms. The van der Waals surface area contributed by atoms with E-state index < -0.39 is 18.3 Å². The van der Waals surface area contributed by atoms with Crippen molar-refractivity contribution >= 4 is 11.6 Å². The number of aromatic nitrogens is 2. The van der Waals surface area contributed by atoms with E-state index >= 15 is 0 Å². The van der Waals surface area contributed by atoms with Gasteiger partial charge in [-0.1, -0.05) is 6.07 Å². The minimum absolute atomic E-state index is 0.211. The molecule has 0 aliphatic carbocycles. The normalized spacial score (nSPS) is 11.9. The van der Waals surface area contributed by atoms with Crippen LogP contribution >= 0.6 is 0 Å². The van der Waals surface area contributed by atoms with Gasteiger partial charge in [-0.05, 0) is 12.1 Å². The van der Waals surface area contributed by atoms with Crippen molar-refractivity contribution in [3.8, 4) is 0 Å². The molecule has 16 heavy (non-hydrogen) atoms. The molecule has 0 aliphatic heterocycles. The van der Waals surface area contributed by atoms with E-state index in [0.717, 1.165) is 0 Å². The Bertz CT molecular complexity index is 536. The molecule has 2 heterocycles. The Kier molecular flexibility index (Phi) is 2.34. The van der Waals surface area contributed by atoms with Crippen LogP contribution in [0.2, 0.25) is 0 Å². The fraction of sp³-hybridized carbons (Fsp3) is 0.200. The van der Waals surface area contributed by atoms with Crippen LogP contribution in [0.5, 0.6) is 0 Å². The van der Waals surface area contributed by atoms with E-state index in [1.807, 2.05) is 0 Å². The molecule has 0 spiro atoms. The molecule has 0 amide bonds. The highest BCUT2D eigenvalue weighted by atomic mass is 19.3. The Morgan fingerprint density at radius 3 is 2.94 bits per heavy atom. The molecule has 4 nitrogen and oxygen atoms in total. The number of pyridine rings is 1. The van der Waals surface area contributed by atoms with E-state index in [0.29, 0.717) is 5.65 Å². The average molecular weight is 226 g/mol. The van der Waals surface area contributed by atoms with E-state index in [9.17, 15) is 13.6 Å². The number of carboxylic acid groups (broad SMARTS) is 1. The summed E-state index contributed by atoms with van der Waals surface area (Å²) in [6.07, 6.45) is 2.14. The van der Waals surface area contributed by atoms with Crippen molar-refractivity contribution in [2.75, 3.05) is 0 Å². The number of carbonyl (C=O) groups is 1. The number of hydrogen-bond acceptors (Lipinski definition) is 2. The molecule has 0 saturated heterocycles. The fourth-order valence-electron chi connectivity index (χ4n) is 1.45. The second kappa shape index (κ2) is 3.55. The van der Waals surface area contributed by atoms with E-state index in [1.165, 1.54) is 22.9 Å². The standard InChI is InChI=1S/C10H8F2N2O2/c11-10(12,9(15)16)6-7-2-1-3-8-13-4-5-14(7)8/h1-5H,6H2,(H,15,16). The molecule has 84 valence electrons. The SMILES string of the molecule is O=C(O)C(F)(F)Cc1cccc2nccn12. The topological polar surface area (TPSA) is 54.6 Å². The number of aliphatic carboxylic acids is 1. The molecule has 0 aromatic carbocycles. The first-order chi connectivity index (χ1) is 7.50. The summed E-state index contributed by atoms with van der Waals surface area (Å²) >= 11 is 0. The predicted molar refractivity (Wildman–Crippen MR) is 51.5 cm³/mol. The quantitative estimate of drug-likeness (QED) is 0.864. The van der Waals surface area contributed by atoms with Gasteiger partial charge in [-0.25, -0.2) is 9.78 Å². The van der Waals surface area contributed by atoms with Crippen LogP contribution in [0.3, 0.4) is 0 Å². The number of alkyl halides is 2. The van der Waals surface area contributed by atoms with Crippen LogP contribution in [0.4, 0.5) is 8.78 Å². The molecule has 2 aromatic heterocycles. The Hall–Kier alpha value is -1.98. The molecular weight excluding hydrogens is 218 g/mol. The average Bonchev–Trinajstić information content (AvgIpc) is 2.65. The number of carboxylic acids is 1. The summed E-state index contributed by atoms with van der Waals surface area (Å²) in [5.41, 5.74) is 0.723. The van der Waals surface area contributed by atoms with Crippen molar-refractivity contribution in [1.29, 1.82) is 0 Å². The van der Waals surface area contributed by atoms with Gasteiger partial charge in [0.2, 0.25) is 0 Å². The molecule has 2 rings (SSSR count). The van der Waals surface area contributed by atoms with Gasteiger partial charge in [0.25, 0.3) is 0 Å². The summed E-state index contributed by atoms with van der Waals surface area (Å²) in [5, 5.41) is 8.35. The molecule has 0 atom stereocenters. The molecule has 2 aromatic rings. The van der Waals surface area contributed by atoms with Gasteiger partial charge in [0.05, 0.1) is 6.42 Å². The molecule has 0 unspecified atom stereocenters. The third kappa shape index (κ3) is 1.73. The van der Waals surface area contributed by atoms with Crippen LogP contribution in [-0.4, -0.2) is 26.4 Å². The van der Waals surface area contributed by atoms with Crippen LogP contribution in [0, 0.1) is 0 Å². The minimum Gasteiger partial charge on any atom is -0.477 e. The summed E-state index contributed by atoms with van der Waals surface area (Å²) in [6.45, 7) is 0. The van der Waals surface area contributed by atoms with Crippen molar-refractivity contribution in [2.45, 2.75) is 12.3 Å². The maximum absolute atomic E-state index is 13.0. The Labute approximate surface area is 89.2 Å². The van der Waals surface area contributed by atoms with Crippen LogP contribution < -0.4 is 0 Å². The third-order valence-corrected chi connectivity index (χ3v) is 2.23. The molecule has 0 aliphatic rings. The van der Waals surface area contributed by atoms with Gasteiger partial charge in [-0.3, -0.25) is 0 Å². The Balaban J connectivity index is 2.41. The number of halogens is 2. The van der Waals surface area contributed by atoms with Crippen molar-refractivity contribution < 1.29 is 18.7 Å². The number of imidazole rings is 1. The van der Waals surface area contributed by atoms with Gasteiger partial charge in [0, 0.05) is 18.1 Å². The third-order valence-electron chi connectivity index (χ3n) is 2.23. The van der Waals surface area contributed by atoms with E-state index in [-0.39, 0.29) is 5.69 Å². The van der Waals surface area contributed by atoms with Crippen molar-refractivity contribution in [1.82, 2.24) is 9.38 Å². The van der Waals surface area contributed by atoms with Gasteiger partial charge >= 0.3 is 11.9 Å². The Morgan fingerprint density at radius 1 is 1.50 bits per heavy atom. The molecule has 1 N–H and O–H groups in total. The summed E-state index contributed by atoms with van der Waals surface area (Å²) in [6, 6.07) is 4.67. The van der Waals surface area contributed by atoms with Gasteiger partial charge in [0.1, 0.15) is 5.65 Å². The zero-order valence-electron chi connectivity index (χ0n) is 8.10. The first kappa shape index (κ1) is 10.5. The van der Waals surface area contributed by atoms with Crippen LogP contribution in [0.25, 0.3) is 5.65 Å². The van der Waals surface area contributed by atoms with Crippen molar-refractivity contribution in [3.63, 3.8) is 0 Å². The minimum atomic E-state index is -3.77. The van der Waals surface area contributed by atoms with E-state index in [2.05, 4.69) is 4.98 Å². The van der Waals surface area contributed by atoms with Gasteiger partial charge in [-0.2, -0.15) is 8.78 Å². The second-order valence-corrected chi connectivity index (χ2v) is 3.36. The lowest BCUT2D eigenvalue weighted by atomic mass is 10.1. The highest BCUT2D eigenvalue weighted by Crippen LogP contribution is 2.20. The molecule has 0 fully saturated rings. The summed E-state index contributed by atoms with van der Waals surface area (Å²) < 4.78 is 27.5. The summed E-state index contributed by atoms with van der Waals surface area (Å²) in [7, 11) is 0.